The molecule has 34 heavy (non-hydrogen) atoms. The van der Waals surface area contributed by atoms with Gasteiger partial charge >= 0.3 is 19.3 Å². The highest BCUT2D eigenvalue weighted by molar-refractivity contribution is 6.62. The molecule has 10 heteroatoms. The predicted molar refractivity (Wildman–Crippen MR) is 130 cm³/mol. The van der Waals surface area contributed by atoms with Crippen LogP contribution in [0, 0.1) is 0 Å². The Kier molecular flexibility index (Phi) is 6.95. The number of imide groups is 1. The Morgan fingerprint density at radius 2 is 1.41 bits per heavy atom. The van der Waals surface area contributed by atoms with Crippen molar-refractivity contribution in [2.45, 2.75) is 52.7 Å². The number of fused-ring (bicyclic) bond motifs is 1. The van der Waals surface area contributed by atoms with Gasteiger partial charge in [-0.1, -0.05) is 12.1 Å². The molecule has 3 rings (SSSR count). The molecule has 0 unspecified atom stereocenters. The maximum Gasteiger partial charge on any atom is 0.490 e. The minimum absolute atomic E-state index is 0.0567. The molecule has 178 valence electrons. The van der Waals surface area contributed by atoms with Crippen molar-refractivity contribution >= 4 is 41.4 Å². The Morgan fingerprint density at radius 3 is 1.91 bits per heavy atom. The van der Waals surface area contributed by atoms with E-state index in [1.807, 2.05) is 0 Å². The molecular weight excluding hydrogens is 437 g/mol. The van der Waals surface area contributed by atoms with Crippen molar-refractivity contribution in [3.8, 4) is 11.1 Å². The fourth-order valence-electron chi connectivity index (χ4n) is 3.22. The van der Waals surface area contributed by atoms with Gasteiger partial charge in [-0.25, -0.2) is 14.6 Å². The molecule has 2 heterocycles. The third-order valence-corrected chi connectivity index (χ3v) is 4.55. The summed E-state index contributed by atoms with van der Waals surface area (Å²) in [6.45, 7) is 10.1. The standard InChI is InChI=1S/C24H28BN3O6/c1-23(2,3)33-21(29)28(22(30)34-24(4,5)6)20-18-13-16(15-9-11-26-12-10-15)7-8-17(18)19(14-27-20)25(31)32/h7-14,31-32H,1-6H3. The summed E-state index contributed by atoms with van der Waals surface area (Å²) in [5.74, 6) is -0.0567. The van der Waals surface area contributed by atoms with Gasteiger partial charge in [-0.05, 0) is 76.3 Å². The first-order valence-electron chi connectivity index (χ1n) is 10.7. The lowest BCUT2D eigenvalue weighted by Crippen LogP contribution is -2.44. The quantitative estimate of drug-likeness (QED) is 0.562. The summed E-state index contributed by atoms with van der Waals surface area (Å²) in [6, 6.07) is 8.78. The highest BCUT2D eigenvalue weighted by Gasteiger charge is 2.35. The van der Waals surface area contributed by atoms with E-state index in [1.165, 1.54) is 6.20 Å². The Labute approximate surface area is 198 Å². The van der Waals surface area contributed by atoms with Gasteiger partial charge in [-0.15, -0.1) is 0 Å². The van der Waals surface area contributed by atoms with Crippen LogP contribution in [0.25, 0.3) is 21.9 Å². The number of hydrogen-bond donors (Lipinski definition) is 2. The summed E-state index contributed by atoms with van der Waals surface area (Å²) < 4.78 is 10.9. The van der Waals surface area contributed by atoms with E-state index in [1.54, 1.807) is 84.3 Å². The molecule has 0 radical (unpaired) electrons. The number of anilines is 1. The zero-order valence-corrected chi connectivity index (χ0v) is 20.1. The number of ether oxygens (including phenoxy) is 2. The highest BCUT2D eigenvalue weighted by atomic mass is 16.6. The second-order valence-corrected chi connectivity index (χ2v) is 9.70. The molecule has 3 aromatic rings. The molecule has 0 atom stereocenters. The average Bonchev–Trinajstić information content (AvgIpc) is 2.71. The lowest BCUT2D eigenvalue weighted by Gasteiger charge is -2.28. The minimum atomic E-state index is -1.81. The van der Waals surface area contributed by atoms with Crippen LogP contribution in [0.3, 0.4) is 0 Å². The van der Waals surface area contributed by atoms with Crippen LogP contribution in [0.1, 0.15) is 41.5 Å². The number of benzene rings is 1. The molecule has 2 N–H and O–H groups in total. The number of nitrogens with zero attached hydrogens (tertiary/aromatic N) is 3. The van der Waals surface area contributed by atoms with Crippen molar-refractivity contribution in [3.05, 3.63) is 48.9 Å². The van der Waals surface area contributed by atoms with Gasteiger partial charge in [-0.3, -0.25) is 4.98 Å². The van der Waals surface area contributed by atoms with Crippen LogP contribution in [0.5, 0.6) is 0 Å². The SMILES string of the molecule is CC(C)(C)OC(=O)N(C(=O)OC(C)(C)C)c1ncc(B(O)O)c2ccc(-c3ccncc3)cc12. The number of carbonyl (C=O) groups excluding carboxylic acids is 2. The van der Waals surface area contributed by atoms with Gasteiger partial charge in [0.15, 0.2) is 5.82 Å². The number of rotatable bonds is 3. The molecule has 9 nitrogen and oxygen atoms in total. The van der Waals surface area contributed by atoms with Crippen molar-refractivity contribution < 1.29 is 29.1 Å². The molecule has 0 saturated heterocycles. The van der Waals surface area contributed by atoms with Gasteiger partial charge in [0.05, 0.1) is 0 Å². The number of hydrogen-bond acceptors (Lipinski definition) is 8. The number of carbonyl (C=O) groups is 2. The van der Waals surface area contributed by atoms with Crippen LogP contribution in [-0.4, -0.2) is 50.5 Å². The van der Waals surface area contributed by atoms with Crippen LogP contribution >= 0.6 is 0 Å². The Balaban J connectivity index is 2.27. The van der Waals surface area contributed by atoms with Gasteiger partial charge in [0, 0.05) is 29.4 Å². The summed E-state index contributed by atoms with van der Waals surface area (Å²) in [5, 5.41) is 20.5. The molecule has 0 aliphatic rings. The summed E-state index contributed by atoms with van der Waals surface area (Å²) >= 11 is 0. The molecule has 0 saturated carbocycles. The molecular formula is C24H28BN3O6. The van der Waals surface area contributed by atoms with Crippen molar-refractivity contribution in [1.29, 1.82) is 0 Å². The van der Waals surface area contributed by atoms with E-state index in [0.717, 1.165) is 16.0 Å². The zero-order valence-electron chi connectivity index (χ0n) is 20.1. The van der Waals surface area contributed by atoms with Crippen molar-refractivity contribution in [2.75, 3.05) is 4.90 Å². The van der Waals surface area contributed by atoms with E-state index in [9.17, 15) is 19.6 Å². The lowest BCUT2D eigenvalue weighted by molar-refractivity contribution is 0.0429. The van der Waals surface area contributed by atoms with Crippen molar-refractivity contribution in [2.24, 2.45) is 0 Å². The first kappa shape index (κ1) is 25.1. The number of amides is 2. The summed E-state index contributed by atoms with van der Waals surface area (Å²) in [4.78, 5) is 35.3. The fourth-order valence-corrected chi connectivity index (χ4v) is 3.22. The molecule has 0 spiro atoms. The van der Waals surface area contributed by atoms with E-state index in [4.69, 9.17) is 9.47 Å². The molecule has 0 aliphatic heterocycles. The molecule has 2 aromatic heterocycles. The summed E-state index contributed by atoms with van der Waals surface area (Å²) in [6.07, 6.45) is 2.54. The van der Waals surface area contributed by atoms with Crippen LogP contribution < -0.4 is 10.4 Å². The normalized spacial score (nSPS) is 11.8. The van der Waals surface area contributed by atoms with Gasteiger partial charge in [0.1, 0.15) is 11.2 Å². The second-order valence-electron chi connectivity index (χ2n) is 9.70. The fraction of sp³-hybridized carbons (Fsp3) is 0.333. The van der Waals surface area contributed by atoms with E-state index in [-0.39, 0.29) is 11.3 Å². The molecule has 0 bridgehead atoms. The van der Waals surface area contributed by atoms with Gasteiger partial charge in [-0.2, -0.15) is 4.90 Å². The first-order chi connectivity index (χ1) is 15.8. The van der Waals surface area contributed by atoms with Crippen LogP contribution in [0.15, 0.2) is 48.9 Å². The molecule has 0 fully saturated rings. The van der Waals surface area contributed by atoms with Gasteiger partial charge < -0.3 is 19.5 Å². The summed E-state index contributed by atoms with van der Waals surface area (Å²) in [7, 11) is -1.81. The van der Waals surface area contributed by atoms with Crippen LogP contribution in [-0.2, 0) is 9.47 Å². The molecule has 1 aromatic carbocycles. The number of pyridine rings is 2. The third kappa shape index (κ3) is 5.89. The Morgan fingerprint density at radius 1 is 0.853 bits per heavy atom. The van der Waals surface area contributed by atoms with E-state index in [0.29, 0.717) is 10.8 Å². The largest absolute Gasteiger partial charge is 0.490 e. The van der Waals surface area contributed by atoms with Crippen molar-refractivity contribution in [1.82, 2.24) is 9.97 Å². The predicted octanol–water partition coefficient (Wildman–Crippen LogP) is 3.65. The van der Waals surface area contributed by atoms with E-state index < -0.39 is 30.5 Å². The molecule has 2 amide bonds. The highest BCUT2D eigenvalue weighted by Crippen LogP contribution is 2.31. The Hall–Kier alpha value is -3.50. The third-order valence-electron chi connectivity index (χ3n) is 4.55. The zero-order chi connectivity index (χ0) is 25.3. The average molecular weight is 465 g/mol. The lowest BCUT2D eigenvalue weighted by atomic mass is 9.78. The van der Waals surface area contributed by atoms with E-state index >= 15 is 0 Å². The Bertz CT molecular complexity index is 1180. The topological polar surface area (TPSA) is 122 Å². The second kappa shape index (κ2) is 9.40. The van der Waals surface area contributed by atoms with Crippen molar-refractivity contribution in [3.63, 3.8) is 0 Å². The van der Waals surface area contributed by atoms with Crippen LogP contribution in [0.2, 0.25) is 0 Å². The maximum atomic E-state index is 13.2. The van der Waals surface area contributed by atoms with Crippen LogP contribution in [0.4, 0.5) is 15.4 Å². The van der Waals surface area contributed by atoms with Gasteiger partial charge in [0.25, 0.3) is 0 Å². The summed E-state index contributed by atoms with van der Waals surface area (Å²) in [5.41, 5.74) is -0.0872. The van der Waals surface area contributed by atoms with Gasteiger partial charge in [0.2, 0.25) is 0 Å². The van der Waals surface area contributed by atoms with E-state index in [2.05, 4.69) is 9.97 Å². The number of aromatic nitrogens is 2. The smallest absolute Gasteiger partial charge is 0.443 e. The maximum absolute atomic E-state index is 13.2. The monoisotopic (exact) mass is 465 g/mol. The minimum Gasteiger partial charge on any atom is -0.443 e. The first-order valence-corrected chi connectivity index (χ1v) is 10.7. The molecule has 0 aliphatic carbocycles.